The van der Waals surface area contributed by atoms with Crippen LogP contribution in [0.5, 0.6) is 0 Å². The van der Waals surface area contributed by atoms with Gasteiger partial charge in [0.05, 0.1) is 0 Å². The van der Waals surface area contributed by atoms with E-state index in [2.05, 4.69) is 129 Å². The molecule has 0 heterocycles. The molecule has 0 saturated heterocycles. The second-order valence-corrected chi connectivity index (χ2v) is 3.95. The molecule has 0 atom stereocenters. The van der Waals surface area contributed by atoms with Crippen molar-refractivity contribution in [3.8, 4) is 118 Å². The van der Waals surface area contributed by atoms with E-state index in [1.807, 2.05) is 0 Å². The summed E-state index contributed by atoms with van der Waals surface area (Å²) in [5.74, 6) is 48.8. The molecule has 0 rings (SSSR count). The molecule has 132 valence electrons. The van der Waals surface area contributed by atoms with E-state index < -0.39 is 5.91 Å². The quantitative estimate of drug-likeness (QED) is 0.375. The summed E-state index contributed by atoms with van der Waals surface area (Å²) >= 11 is 0. The topological polar surface area (TPSA) is 58.2 Å². The first-order chi connectivity index (χ1) is 14.3. The number of rotatable bonds is 4. The lowest BCUT2D eigenvalue weighted by Gasteiger charge is -1.97. The Labute approximate surface area is 171 Å². The van der Waals surface area contributed by atoms with Crippen molar-refractivity contribution < 1.29 is 9.59 Å². The van der Waals surface area contributed by atoms with Gasteiger partial charge in [-0.2, -0.15) is 0 Å². The van der Waals surface area contributed by atoms with Crippen molar-refractivity contribution >= 4 is 12.3 Å². The minimum absolute atomic E-state index is 0.283. The number of carbonyl (C=O) groups is 2. The first-order valence-corrected chi connectivity index (χ1v) is 7.69. The van der Waals surface area contributed by atoms with Crippen molar-refractivity contribution in [1.29, 1.82) is 0 Å². The maximum atomic E-state index is 11.2. The molecule has 0 aromatic heterocycles. The highest BCUT2D eigenvalue weighted by Crippen LogP contribution is 1.63. The fourth-order valence-corrected chi connectivity index (χ4v) is 1.00. The van der Waals surface area contributed by atoms with Crippen molar-refractivity contribution in [2.45, 2.75) is 6.92 Å². The Morgan fingerprint density at radius 1 is 0.621 bits per heavy atom. The maximum Gasteiger partial charge on any atom is 0.296 e. The summed E-state index contributed by atoms with van der Waals surface area (Å²) in [5, 5.41) is 4.86. The van der Waals surface area contributed by atoms with Crippen LogP contribution in [0, 0.1) is 118 Å². The molecule has 4 heteroatoms. The van der Waals surface area contributed by atoms with Crippen LogP contribution in [0.2, 0.25) is 0 Å². The van der Waals surface area contributed by atoms with E-state index in [-0.39, 0.29) is 6.54 Å². The molecule has 0 aromatic carbocycles. The molecule has 0 aliphatic rings. The third-order valence-electron chi connectivity index (χ3n) is 2.00. The molecule has 0 aliphatic carbocycles. The van der Waals surface area contributed by atoms with Gasteiger partial charge >= 0.3 is 0 Å². The van der Waals surface area contributed by atoms with Crippen LogP contribution in [0.15, 0.2) is 0 Å². The minimum Gasteiger partial charge on any atom is -0.357 e. The summed E-state index contributed by atoms with van der Waals surface area (Å²) in [6, 6.07) is 0. The zero-order valence-corrected chi connectivity index (χ0v) is 15.3. The predicted molar refractivity (Wildman–Crippen MR) is 111 cm³/mol. The number of amides is 2. The predicted octanol–water partition coefficient (Wildman–Crippen LogP) is -1.10. The summed E-state index contributed by atoms with van der Waals surface area (Å²) in [6.07, 6.45) is 0.541. The second-order valence-electron chi connectivity index (χ2n) is 3.95. The zero-order valence-electron chi connectivity index (χ0n) is 15.3. The standard InChI is InChI=1S/C25H10N2O2/c1-2-3-4-5-6-7-8-9-10-11-12-13-14-15-16-17-18-19-20-21-25(29)27-23-22-26-24-28/h24H,22-23H2,1H3,(H,26,28)(H,27,29). The van der Waals surface area contributed by atoms with E-state index in [9.17, 15) is 9.59 Å². The smallest absolute Gasteiger partial charge is 0.296 e. The lowest BCUT2D eigenvalue weighted by molar-refractivity contribution is -0.116. The van der Waals surface area contributed by atoms with Crippen LogP contribution in [0.25, 0.3) is 0 Å². The molecular weight excluding hydrogens is 360 g/mol. The average Bonchev–Trinajstić information content (AvgIpc) is 2.73. The number of hydrogen-bond acceptors (Lipinski definition) is 2. The molecule has 0 fully saturated rings. The Morgan fingerprint density at radius 2 is 1.00 bits per heavy atom. The van der Waals surface area contributed by atoms with Crippen LogP contribution in [-0.2, 0) is 9.59 Å². The van der Waals surface area contributed by atoms with Crippen molar-refractivity contribution in [2.75, 3.05) is 13.1 Å². The van der Waals surface area contributed by atoms with Gasteiger partial charge in [-0.25, -0.2) is 0 Å². The van der Waals surface area contributed by atoms with E-state index in [1.54, 1.807) is 6.92 Å². The van der Waals surface area contributed by atoms with Crippen LogP contribution < -0.4 is 10.6 Å². The van der Waals surface area contributed by atoms with Crippen molar-refractivity contribution in [1.82, 2.24) is 10.6 Å². The molecule has 0 unspecified atom stereocenters. The summed E-state index contributed by atoms with van der Waals surface area (Å²) in [4.78, 5) is 21.2. The minimum atomic E-state index is -0.497. The summed E-state index contributed by atoms with van der Waals surface area (Å²) in [7, 11) is 0. The van der Waals surface area contributed by atoms with E-state index in [0.29, 0.717) is 13.0 Å². The van der Waals surface area contributed by atoms with Gasteiger partial charge in [-0.15, -0.1) is 0 Å². The van der Waals surface area contributed by atoms with Crippen LogP contribution in [0.3, 0.4) is 0 Å². The molecule has 0 radical (unpaired) electrons. The van der Waals surface area contributed by atoms with E-state index in [4.69, 9.17) is 0 Å². The summed E-state index contributed by atoms with van der Waals surface area (Å²) < 4.78 is 0. The van der Waals surface area contributed by atoms with E-state index in [0.717, 1.165) is 0 Å². The Bertz CT molecular complexity index is 1250. The highest BCUT2D eigenvalue weighted by Gasteiger charge is 1.91. The molecule has 0 bridgehead atoms. The Balaban J connectivity index is 4.33. The van der Waals surface area contributed by atoms with Gasteiger partial charge in [-0.1, -0.05) is 5.92 Å². The highest BCUT2D eigenvalue weighted by atomic mass is 16.1. The van der Waals surface area contributed by atoms with Gasteiger partial charge in [0.25, 0.3) is 5.91 Å². The highest BCUT2D eigenvalue weighted by molar-refractivity contribution is 5.94. The van der Waals surface area contributed by atoms with Gasteiger partial charge < -0.3 is 10.6 Å². The molecule has 0 aliphatic heterocycles. The lowest BCUT2D eigenvalue weighted by atomic mass is 10.4. The third kappa shape index (κ3) is 20.5. The molecule has 0 spiro atoms. The van der Waals surface area contributed by atoms with Gasteiger partial charge in [0.2, 0.25) is 6.41 Å². The SMILES string of the molecule is CC#CC#CC#CC#CC#CC#CC#CC#CC#CC#CC(=O)NCCNC=O. The summed E-state index contributed by atoms with van der Waals surface area (Å²) in [6.45, 7) is 2.30. The molecule has 4 nitrogen and oxygen atoms in total. The fraction of sp³-hybridized carbons (Fsp3) is 0.120. The molecule has 2 N–H and O–H groups in total. The number of carbonyl (C=O) groups excluding carboxylic acids is 2. The molecule has 0 aromatic rings. The van der Waals surface area contributed by atoms with Gasteiger partial charge in [-0.05, 0) is 102 Å². The Morgan fingerprint density at radius 3 is 1.38 bits per heavy atom. The Kier molecular flexibility index (Phi) is 16.7. The van der Waals surface area contributed by atoms with Crippen LogP contribution in [-0.4, -0.2) is 25.4 Å². The van der Waals surface area contributed by atoms with Crippen molar-refractivity contribution in [3.63, 3.8) is 0 Å². The molecular formula is C25H10N2O2. The van der Waals surface area contributed by atoms with E-state index in [1.165, 1.54) is 0 Å². The van der Waals surface area contributed by atoms with E-state index >= 15 is 0 Å². The van der Waals surface area contributed by atoms with Crippen LogP contribution in [0.4, 0.5) is 0 Å². The normalized spacial score (nSPS) is 5.28. The largest absolute Gasteiger partial charge is 0.357 e. The van der Waals surface area contributed by atoms with Crippen LogP contribution >= 0.6 is 0 Å². The molecule has 2 amide bonds. The molecule has 29 heavy (non-hydrogen) atoms. The fourth-order valence-electron chi connectivity index (χ4n) is 1.00. The lowest BCUT2D eigenvalue weighted by Crippen LogP contribution is -2.30. The second kappa shape index (κ2) is 20.6. The van der Waals surface area contributed by atoms with Gasteiger partial charge in [0.1, 0.15) is 0 Å². The van der Waals surface area contributed by atoms with Crippen molar-refractivity contribution in [2.24, 2.45) is 0 Å². The average molecular weight is 370 g/mol. The van der Waals surface area contributed by atoms with Gasteiger partial charge in [0.15, 0.2) is 0 Å². The number of nitrogens with one attached hydrogen (secondary N) is 2. The van der Waals surface area contributed by atoms with Gasteiger partial charge in [0, 0.05) is 30.9 Å². The first-order valence-electron chi connectivity index (χ1n) is 7.69. The first kappa shape index (κ1) is 23.5. The van der Waals surface area contributed by atoms with Crippen molar-refractivity contribution in [3.05, 3.63) is 0 Å². The molecule has 0 saturated carbocycles. The van der Waals surface area contributed by atoms with Crippen LogP contribution in [0.1, 0.15) is 6.92 Å². The number of hydrogen-bond donors (Lipinski definition) is 2. The maximum absolute atomic E-state index is 11.2. The zero-order chi connectivity index (χ0) is 21.3. The van der Waals surface area contributed by atoms with Gasteiger partial charge in [-0.3, -0.25) is 9.59 Å². The monoisotopic (exact) mass is 370 g/mol. The Hall–Kier alpha value is -5.46. The third-order valence-corrected chi connectivity index (χ3v) is 2.00. The summed E-state index contributed by atoms with van der Waals surface area (Å²) in [5.41, 5.74) is 0.